The van der Waals surface area contributed by atoms with Gasteiger partial charge in [-0.2, -0.15) is 0 Å². The van der Waals surface area contributed by atoms with Gasteiger partial charge in [0.05, 0.1) is 6.04 Å². The van der Waals surface area contributed by atoms with Crippen molar-refractivity contribution in [2.45, 2.75) is 26.0 Å². The fourth-order valence-corrected chi connectivity index (χ4v) is 1.37. The molecule has 1 aromatic carbocycles. The molecule has 0 radical (unpaired) electrons. The Morgan fingerprint density at radius 2 is 2.18 bits per heavy atom. The third kappa shape index (κ3) is 5.26. The van der Waals surface area contributed by atoms with E-state index in [2.05, 4.69) is 10.5 Å². The van der Waals surface area contributed by atoms with Crippen molar-refractivity contribution in [2.75, 3.05) is 7.05 Å². The molecule has 0 aliphatic carbocycles. The highest BCUT2D eigenvalue weighted by atomic mass is 16.6. The maximum Gasteiger partial charge on any atom is 0.147 e. The van der Waals surface area contributed by atoms with Gasteiger partial charge < -0.3 is 10.2 Å². The standard InChI is InChI=1S/C13H18N2O2/c1-11(16)13(14-2)8-9-15-17-10-12-6-4-3-5-7-12/h3-7,9,13-14H,8,10H2,1-2H3/b15-9+. The van der Waals surface area contributed by atoms with E-state index >= 15 is 0 Å². The van der Waals surface area contributed by atoms with Gasteiger partial charge in [0.15, 0.2) is 0 Å². The van der Waals surface area contributed by atoms with Gasteiger partial charge in [-0.15, -0.1) is 0 Å². The molecule has 1 atom stereocenters. The number of nitrogens with one attached hydrogen (secondary N) is 1. The van der Waals surface area contributed by atoms with Gasteiger partial charge in [0.1, 0.15) is 12.4 Å². The van der Waals surface area contributed by atoms with Gasteiger partial charge in [-0.25, -0.2) is 0 Å². The number of benzene rings is 1. The zero-order chi connectivity index (χ0) is 12.5. The number of rotatable bonds is 7. The Labute approximate surface area is 102 Å². The van der Waals surface area contributed by atoms with Crippen LogP contribution < -0.4 is 5.32 Å². The highest BCUT2D eigenvalue weighted by molar-refractivity contribution is 5.84. The fraction of sp³-hybridized carbons (Fsp3) is 0.385. The van der Waals surface area contributed by atoms with Gasteiger partial charge in [-0.05, 0) is 19.5 Å². The number of hydrogen-bond donors (Lipinski definition) is 1. The van der Waals surface area contributed by atoms with Crippen LogP contribution in [-0.2, 0) is 16.2 Å². The second-order valence-electron chi connectivity index (χ2n) is 3.73. The molecule has 0 saturated heterocycles. The van der Waals surface area contributed by atoms with Crippen molar-refractivity contribution in [1.82, 2.24) is 5.32 Å². The third-order valence-electron chi connectivity index (χ3n) is 2.40. The Morgan fingerprint density at radius 1 is 1.47 bits per heavy atom. The van der Waals surface area contributed by atoms with Gasteiger partial charge in [0.25, 0.3) is 0 Å². The molecule has 0 heterocycles. The molecule has 0 aliphatic heterocycles. The van der Waals surface area contributed by atoms with E-state index < -0.39 is 0 Å². The topological polar surface area (TPSA) is 50.7 Å². The number of carbonyl (C=O) groups is 1. The molecule has 0 aliphatic rings. The summed E-state index contributed by atoms with van der Waals surface area (Å²) in [7, 11) is 1.75. The summed E-state index contributed by atoms with van der Waals surface area (Å²) in [5, 5.41) is 6.73. The van der Waals surface area contributed by atoms with Crippen LogP contribution in [0.25, 0.3) is 0 Å². The summed E-state index contributed by atoms with van der Waals surface area (Å²) in [6.07, 6.45) is 2.16. The van der Waals surface area contributed by atoms with Crippen LogP contribution >= 0.6 is 0 Å². The van der Waals surface area contributed by atoms with Gasteiger partial charge in [-0.1, -0.05) is 35.5 Å². The van der Waals surface area contributed by atoms with E-state index in [0.717, 1.165) is 5.56 Å². The predicted octanol–water partition coefficient (Wildman–Crippen LogP) is 1.76. The Bertz CT molecular complexity index is 363. The number of carbonyl (C=O) groups excluding carboxylic acids is 1. The first-order valence-corrected chi connectivity index (χ1v) is 5.59. The van der Waals surface area contributed by atoms with Gasteiger partial charge in [-0.3, -0.25) is 4.79 Å². The van der Waals surface area contributed by atoms with Gasteiger partial charge in [0.2, 0.25) is 0 Å². The summed E-state index contributed by atoms with van der Waals surface area (Å²) >= 11 is 0. The third-order valence-corrected chi connectivity index (χ3v) is 2.40. The van der Waals surface area contributed by atoms with Crippen LogP contribution in [0.15, 0.2) is 35.5 Å². The minimum absolute atomic E-state index is 0.0991. The lowest BCUT2D eigenvalue weighted by atomic mass is 10.1. The van der Waals surface area contributed by atoms with Crippen molar-refractivity contribution in [1.29, 1.82) is 0 Å². The number of Topliss-reactive ketones (excluding diaryl/α,β-unsaturated/α-hetero) is 1. The van der Waals surface area contributed by atoms with E-state index in [4.69, 9.17) is 4.84 Å². The molecule has 1 aromatic rings. The highest BCUT2D eigenvalue weighted by Gasteiger charge is 2.08. The molecule has 0 saturated carbocycles. The zero-order valence-electron chi connectivity index (χ0n) is 10.2. The number of likely N-dealkylation sites (N-methyl/N-ethyl adjacent to an activating group) is 1. The van der Waals surface area contributed by atoms with Crippen molar-refractivity contribution in [3.8, 4) is 0 Å². The van der Waals surface area contributed by atoms with Gasteiger partial charge >= 0.3 is 0 Å². The van der Waals surface area contributed by atoms with Crippen LogP contribution in [0.1, 0.15) is 18.9 Å². The van der Waals surface area contributed by atoms with Crippen molar-refractivity contribution >= 4 is 12.0 Å². The zero-order valence-corrected chi connectivity index (χ0v) is 10.2. The Hall–Kier alpha value is -1.68. The van der Waals surface area contributed by atoms with E-state index in [1.165, 1.54) is 0 Å². The van der Waals surface area contributed by atoms with Crippen molar-refractivity contribution in [2.24, 2.45) is 5.16 Å². The average molecular weight is 234 g/mol. The quantitative estimate of drug-likeness (QED) is 0.577. The molecule has 0 aromatic heterocycles. The predicted molar refractivity (Wildman–Crippen MR) is 67.9 cm³/mol. The largest absolute Gasteiger partial charge is 0.391 e. The maximum atomic E-state index is 11.1. The molecule has 0 bridgehead atoms. The first kappa shape index (κ1) is 13.4. The first-order chi connectivity index (χ1) is 8.24. The smallest absolute Gasteiger partial charge is 0.147 e. The van der Waals surface area contributed by atoms with Crippen molar-refractivity contribution in [3.05, 3.63) is 35.9 Å². The number of nitrogens with zero attached hydrogens (tertiary/aromatic N) is 1. The summed E-state index contributed by atoms with van der Waals surface area (Å²) in [4.78, 5) is 16.2. The van der Waals surface area contributed by atoms with Crippen LogP contribution in [0, 0.1) is 0 Å². The van der Waals surface area contributed by atoms with E-state index in [1.54, 1.807) is 20.2 Å². The van der Waals surface area contributed by atoms with Crippen molar-refractivity contribution < 1.29 is 9.63 Å². The van der Waals surface area contributed by atoms with Crippen LogP contribution in [0.4, 0.5) is 0 Å². The van der Waals surface area contributed by atoms with E-state index in [0.29, 0.717) is 13.0 Å². The minimum Gasteiger partial charge on any atom is -0.391 e. The molecule has 4 nitrogen and oxygen atoms in total. The normalized spacial score (nSPS) is 12.6. The molecule has 1 N–H and O–H groups in total. The number of oxime groups is 1. The lowest BCUT2D eigenvalue weighted by Crippen LogP contribution is -2.32. The Balaban J connectivity index is 2.25. The fourth-order valence-electron chi connectivity index (χ4n) is 1.37. The second kappa shape index (κ2) is 7.57. The molecule has 0 amide bonds. The lowest BCUT2D eigenvalue weighted by molar-refractivity contribution is -0.118. The monoisotopic (exact) mass is 234 g/mol. The maximum absolute atomic E-state index is 11.1. The number of ketones is 1. The number of hydrogen-bond acceptors (Lipinski definition) is 4. The summed E-state index contributed by atoms with van der Waals surface area (Å²) in [5.41, 5.74) is 1.07. The van der Waals surface area contributed by atoms with Gasteiger partial charge in [0, 0.05) is 12.6 Å². The van der Waals surface area contributed by atoms with Crippen LogP contribution in [0.2, 0.25) is 0 Å². The van der Waals surface area contributed by atoms with Crippen LogP contribution in [-0.4, -0.2) is 25.1 Å². The van der Waals surface area contributed by atoms with Crippen molar-refractivity contribution in [3.63, 3.8) is 0 Å². The lowest BCUT2D eigenvalue weighted by Gasteiger charge is -2.08. The summed E-state index contributed by atoms with van der Waals surface area (Å²) in [6.45, 7) is 2.00. The Morgan fingerprint density at radius 3 is 2.76 bits per heavy atom. The first-order valence-electron chi connectivity index (χ1n) is 5.59. The van der Waals surface area contributed by atoms with E-state index in [-0.39, 0.29) is 11.8 Å². The highest BCUT2D eigenvalue weighted by Crippen LogP contribution is 2.00. The van der Waals surface area contributed by atoms with E-state index in [1.807, 2.05) is 30.3 Å². The molecule has 4 heteroatoms. The molecule has 1 unspecified atom stereocenters. The molecule has 0 fully saturated rings. The molecular weight excluding hydrogens is 216 g/mol. The van der Waals surface area contributed by atoms with Crippen LogP contribution in [0.5, 0.6) is 0 Å². The second-order valence-corrected chi connectivity index (χ2v) is 3.73. The minimum atomic E-state index is -0.181. The summed E-state index contributed by atoms with van der Waals surface area (Å²) in [6, 6.07) is 9.63. The molecule has 17 heavy (non-hydrogen) atoms. The summed E-state index contributed by atoms with van der Waals surface area (Å²) in [5.74, 6) is 0.0991. The SMILES string of the molecule is CNC(C/C=N/OCc1ccccc1)C(C)=O. The van der Waals surface area contributed by atoms with Crippen LogP contribution in [0.3, 0.4) is 0 Å². The Kier molecular flexibility index (Phi) is 5.96. The molecule has 92 valence electrons. The molecule has 0 spiro atoms. The van der Waals surface area contributed by atoms with E-state index in [9.17, 15) is 4.79 Å². The average Bonchev–Trinajstić information content (AvgIpc) is 2.34. The molecular formula is C13H18N2O2. The summed E-state index contributed by atoms with van der Waals surface area (Å²) < 4.78 is 0. The molecule has 1 rings (SSSR count).